The maximum absolute atomic E-state index is 14.4. The minimum Gasteiger partial charge on any atom is -0.495 e. The average Bonchev–Trinajstić information content (AvgIpc) is 2.39. The Bertz CT molecular complexity index is 391. The first-order chi connectivity index (χ1) is 8.27. The minimum atomic E-state index is -0.128. The largest absolute Gasteiger partial charge is 0.495 e. The van der Waals surface area contributed by atoms with Gasteiger partial charge in [0.1, 0.15) is 11.6 Å². The molecule has 17 heavy (non-hydrogen) atoms. The zero-order valence-corrected chi connectivity index (χ0v) is 11.1. The molecule has 0 radical (unpaired) electrons. The Hall–Kier alpha value is -0.740. The van der Waals surface area contributed by atoms with Gasteiger partial charge in [0.2, 0.25) is 0 Å². The van der Waals surface area contributed by atoms with E-state index in [0.717, 1.165) is 24.9 Å². The number of piperidine rings is 1. The van der Waals surface area contributed by atoms with E-state index in [2.05, 4.69) is 5.32 Å². The Morgan fingerprint density at radius 3 is 2.82 bits per heavy atom. The van der Waals surface area contributed by atoms with Crippen LogP contribution >= 0.6 is 11.8 Å². The van der Waals surface area contributed by atoms with Gasteiger partial charge in [-0.3, -0.25) is 0 Å². The Morgan fingerprint density at radius 2 is 2.24 bits per heavy atom. The summed E-state index contributed by atoms with van der Waals surface area (Å²) in [6.45, 7) is 0.977. The lowest BCUT2D eigenvalue weighted by Crippen LogP contribution is -2.27. The summed E-state index contributed by atoms with van der Waals surface area (Å²) in [5.74, 6) is 0.491. The van der Waals surface area contributed by atoms with E-state index in [1.165, 1.54) is 18.2 Å². The standard InChI is InChI=1S/C13H18FNOS/c1-16-11-7-6-9(12(14)13(11)17-2)10-5-3-4-8-15-10/h6-7,10,15H,3-5,8H2,1-2H3. The maximum atomic E-state index is 14.4. The maximum Gasteiger partial charge on any atom is 0.145 e. The molecule has 0 saturated carbocycles. The van der Waals surface area contributed by atoms with Gasteiger partial charge in [0.25, 0.3) is 0 Å². The van der Waals surface area contributed by atoms with Crippen molar-refractivity contribution in [2.45, 2.75) is 30.2 Å². The third kappa shape index (κ3) is 2.58. The van der Waals surface area contributed by atoms with Gasteiger partial charge < -0.3 is 10.1 Å². The highest BCUT2D eigenvalue weighted by Crippen LogP contribution is 2.36. The molecule has 1 fully saturated rings. The number of methoxy groups -OCH3 is 1. The number of nitrogens with one attached hydrogen (secondary N) is 1. The third-order valence-electron chi connectivity index (χ3n) is 3.20. The lowest BCUT2D eigenvalue weighted by atomic mass is 9.97. The summed E-state index contributed by atoms with van der Waals surface area (Å²) in [7, 11) is 1.58. The quantitative estimate of drug-likeness (QED) is 0.837. The van der Waals surface area contributed by atoms with E-state index < -0.39 is 0 Å². The van der Waals surface area contributed by atoms with Gasteiger partial charge in [0.15, 0.2) is 0 Å². The first kappa shape index (κ1) is 12.7. The van der Waals surface area contributed by atoms with Crippen LogP contribution in [0.25, 0.3) is 0 Å². The summed E-state index contributed by atoms with van der Waals surface area (Å²) in [6, 6.07) is 3.86. The van der Waals surface area contributed by atoms with Crippen LogP contribution in [0.5, 0.6) is 5.75 Å². The van der Waals surface area contributed by atoms with Crippen LogP contribution in [0.1, 0.15) is 30.9 Å². The highest BCUT2D eigenvalue weighted by molar-refractivity contribution is 7.98. The first-order valence-electron chi connectivity index (χ1n) is 5.91. The van der Waals surface area contributed by atoms with Crippen LogP contribution in [0.2, 0.25) is 0 Å². The van der Waals surface area contributed by atoms with Crippen molar-refractivity contribution in [1.29, 1.82) is 0 Å². The number of rotatable bonds is 3. The molecule has 0 bridgehead atoms. The molecule has 1 saturated heterocycles. The molecular weight excluding hydrogens is 237 g/mol. The van der Waals surface area contributed by atoms with Crippen LogP contribution < -0.4 is 10.1 Å². The zero-order valence-electron chi connectivity index (χ0n) is 10.3. The second-order valence-corrected chi connectivity index (χ2v) is 5.02. The van der Waals surface area contributed by atoms with E-state index in [9.17, 15) is 4.39 Å². The molecule has 2 rings (SSSR count). The molecule has 2 nitrogen and oxygen atoms in total. The van der Waals surface area contributed by atoms with E-state index >= 15 is 0 Å². The summed E-state index contributed by atoms with van der Waals surface area (Å²) < 4.78 is 19.5. The number of hydrogen-bond donors (Lipinski definition) is 1. The lowest BCUT2D eigenvalue weighted by Gasteiger charge is -2.25. The van der Waals surface area contributed by atoms with Crippen molar-refractivity contribution in [3.63, 3.8) is 0 Å². The van der Waals surface area contributed by atoms with Crippen molar-refractivity contribution in [2.75, 3.05) is 19.9 Å². The number of thioether (sulfide) groups is 1. The molecule has 0 spiro atoms. The summed E-state index contributed by atoms with van der Waals surface area (Å²) >= 11 is 1.40. The van der Waals surface area contributed by atoms with Gasteiger partial charge in [0, 0.05) is 11.6 Å². The molecule has 4 heteroatoms. The average molecular weight is 255 g/mol. The molecule has 1 heterocycles. The highest BCUT2D eigenvalue weighted by atomic mass is 32.2. The van der Waals surface area contributed by atoms with Crippen molar-refractivity contribution in [2.24, 2.45) is 0 Å². The number of halogens is 1. The van der Waals surface area contributed by atoms with Gasteiger partial charge in [-0.2, -0.15) is 0 Å². The molecule has 0 aliphatic carbocycles. The second kappa shape index (κ2) is 5.74. The van der Waals surface area contributed by atoms with E-state index in [1.54, 1.807) is 7.11 Å². The van der Waals surface area contributed by atoms with E-state index in [4.69, 9.17) is 4.74 Å². The number of hydrogen-bond acceptors (Lipinski definition) is 3. The van der Waals surface area contributed by atoms with Crippen molar-refractivity contribution in [3.8, 4) is 5.75 Å². The molecule has 1 aromatic rings. The van der Waals surface area contributed by atoms with Crippen LogP contribution in [-0.2, 0) is 0 Å². The van der Waals surface area contributed by atoms with Crippen molar-refractivity contribution < 1.29 is 9.13 Å². The van der Waals surface area contributed by atoms with Crippen LogP contribution in [0.15, 0.2) is 17.0 Å². The van der Waals surface area contributed by atoms with Crippen LogP contribution in [0, 0.1) is 5.82 Å². The third-order valence-corrected chi connectivity index (χ3v) is 3.99. The Labute approximate surface area is 106 Å². The topological polar surface area (TPSA) is 21.3 Å². The normalized spacial score (nSPS) is 20.3. The fraction of sp³-hybridized carbons (Fsp3) is 0.538. The molecular formula is C13H18FNOS. The van der Waals surface area contributed by atoms with Crippen molar-refractivity contribution >= 4 is 11.8 Å². The van der Waals surface area contributed by atoms with E-state index in [0.29, 0.717) is 10.6 Å². The molecule has 0 amide bonds. The summed E-state index contributed by atoms with van der Waals surface area (Å²) in [5.41, 5.74) is 0.773. The second-order valence-electron chi connectivity index (χ2n) is 4.21. The monoisotopic (exact) mass is 255 g/mol. The van der Waals surface area contributed by atoms with Crippen LogP contribution in [-0.4, -0.2) is 19.9 Å². The van der Waals surface area contributed by atoms with Gasteiger partial charge >= 0.3 is 0 Å². The van der Waals surface area contributed by atoms with Gasteiger partial charge in [-0.1, -0.05) is 12.5 Å². The molecule has 1 N–H and O–H groups in total. The Kier molecular flexibility index (Phi) is 4.29. The summed E-state index contributed by atoms with van der Waals surface area (Å²) in [5, 5.41) is 3.37. The Morgan fingerprint density at radius 1 is 1.41 bits per heavy atom. The van der Waals surface area contributed by atoms with Gasteiger partial charge in [-0.05, 0) is 31.7 Å². The highest BCUT2D eigenvalue weighted by Gasteiger charge is 2.21. The van der Waals surface area contributed by atoms with Crippen molar-refractivity contribution in [3.05, 3.63) is 23.5 Å². The van der Waals surface area contributed by atoms with E-state index in [-0.39, 0.29) is 11.9 Å². The summed E-state index contributed by atoms with van der Waals surface area (Å²) in [6.07, 6.45) is 5.23. The molecule has 1 unspecified atom stereocenters. The van der Waals surface area contributed by atoms with Crippen LogP contribution in [0.4, 0.5) is 4.39 Å². The minimum absolute atomic E-state index is 0.128. The van der Waals surface area contributed by atoms with Gasteiger partial charge in [0.05, 0.1) is 12.0 Å². The SMILES string of the molecule is COc1ccc(C2CCCCN2)c(F)c1SC. The number of benzene rings is 1. The predicted octanol–water partition coefficient (Wildman–Crippen LogP) is 3.37. The first-order valence-corrected chi connectivity index (χ1v) is 7.14. The van der Waals surface area contributed by atoms with Gasteiger partial charge in [-0.25, -0.2) is 4.39 Å². The lowest BCUT2D eigenvalue weighted by molar-refractivity contribution is 0.380. The molecule has 1 aliphatic rings. The van der Waals surface area contributed by atoms with E-state index in [1.807, 2.05) is 18.4 Å². The molecule has 1 aliphatic heterocycles. The molecule has 0 aromatic heterocycles. The Balaban J connectivity index is 2.34. The smallest absolute Gasteiger partial charge is 0.145 e. The zero-order chi connectivity index (χ0) is 12.3. The summed E-state index contributed by atoms with van der Waals surface area (Å²) in [4.78, 5) is 0.609. The fourth-order valence-corrected chi connectivity index (χ4v) is 2.94. The van der Waals surface area contributed by atoms with Gasteiger partial charge in [-0.15, -0.1) is 11.8 Å². The number of ether oxygens (including phenoxy) is 1. The van der Waals surface area contributed by atoms with Crippen molar-refractivity contribution in [1.82, 2.24) is 5.32 Å². The predicted molar refractivity (Wildman–Crippen MR) is 69.3 cm³/mol. The molecule has 1 atom stereocenters. The molecule has 94 valence electrons. The fourth-order valence-electron chi connectivity index (χ4n) is 2.29. The van der Waals surface area contributed by atoms with Crippen LogP contribution in [0.3, 0.4) is 0 Å². The molecule has 1 aromatic carbocycles.